The van der Waals surface area contributed by atoms with Crippen LogP contribution in [0.2, 0.25) is 0 Å². The van der Waals surface area contributed by atoms with Crippen LogP contribution in [-0.2, 0) is 15.7 Å². The smallest absolute Gasteiger partial charge is 0.382 e. The molecular weight excluding hydrogens is 537 g/mol. The van der Waals surface area contributed by atoms with Crippen molar-refractivity contribution in [3.63, 3.8) is 0 Å². The van der Waals surface area contributed by atoms with E-state index < -0.39 is 27.8 Å². The number of halogens is 3. The van der Waals surface area contributed by atoms with E-state index in [1.165, 1.54) is 6.07 Å². The fourth-order valence-electron chi connectivity index (χ4n) is 4.81. The zero-order chi connectivity index (χ0) is 28.2. The third-order valence-electron chi connectivity index (χ3n) is 6.90. The van der Waals surface area contributed by atoms with Gasteiger partial charge in [-0.25, -0.2) is 4.98 Å². The van der Waals surface area contributed by atoms with Crippen LogP contribution in [0.4, 0.5) is 30.2 Å². The second-order valence-electron chi connectivity index (χ2n) is 9.42. The van der Waals surface area contributed by atoms with Gasteiger partial charge < -0.3 is 19.9 Å². The van der Waals surface area contributed by atoms with Gasteiger partial charge in [0, 0.05) is 44.0 Å². The summed E-state index contributed by atoms with van der Waals surface area (Å²) in [7, 11) is 0. The summed E-state index contributed by atoms with van der Waals surface area (Å²) in [5.41, 5.74) is -1.81. The maximum atomic E-state index is 13.3. The number of rotatable bonds is 7. The molecule has 1 aromatic carbocycles. The van der Waals surface area contributed by atoms with Crippen molar-refractivity contribution >= 4 is 35.6 Å². The Morgan fingerprint density at radius 3 is 2.44 bits per heavy atom. The number of thiol groups is 1. The number of aromatic nitrogens is 1. The first kappa shape index (κ1) is 28.4. The van der Waals surface area contributed by atoms with Crippen LogP contribution in [0.5, 0.6) is 0 Å². The van der Waals surface area contributed by atoms with Crippen molar-refractivity contribution in [2.24, 2.45) is 0 Å². The van der Waals surface area contributed by atoms with Crippen molar-refractivity contribution in [1.29, 1.82) is 5.26 Å². The van der Waals surface area contributed by atoms with Crippen LogP contribution < -0.4 is 10.2 Å². The number of nitro groups is 1. The van der Waals surface area contributed by atoms with Crippen LogP contribution >= 0.6 is 12.6 Å². The van der Waals surface area contributed by atoms with Crippen LogP contribution in [0, 0.1) is 21.4 Å². The van der Waals surface area contributed by atoms with E-state index in [0.29, 0.717) is 57.6 Å². The van der Waals surface area contributed by atoms with Gasteiger partial charge in [0.15, 0.2) is 5.44 Å². The molecule has 2 aromatic rings. The lowest BCUT2D eigenvalue weighted by molar-refractivity contribution is -0.388. The Labute approximate surface area is 228 Å². The molecule has 1 aliphatic carbocycles. The van der Waals surface area contributed by atoms with Crippen molar-refractivity contribution in [2.75, 3.05) is 36.4 Å². The third-order valence-corrected chi connectivity index (χ3v) is 7.24. The first-order valence-electron chi connectivity index (χ1n) is 12.4. The van der Waals surface area contributed by atoms with E-state index >= 15 is 0 Å². The molecule has 39 heavy (non-hydrogen) atoms. The molecule has 0 radical (unpaired) electrons. The molecule has 1 saturated carbocycles. The second kappa shape index (κ2) is 12.1. The molecule has 10 nitrogen and oxygen atoms in total. The summed E-state index contributed by atoms with van der Waals surface area (Å²) in [5.74, 6) is -0.221. The van der Waals surface area contributed by atoms with Crippen molar-refractivity contribution in [3.05, 3.63) is 57.9 Å². The monoisotopic (exact) mass is 564 g/mol. The lowest BCUT2D eigenvalue weighted by Gasteiger charge is -2.37. The Kier molecular flexibility index (Phi) is 8.81. The average molecular weight is 565 g/mol. The molecule has 1 aromatic heterocycles. The number of pyridine rings is 1. The van der Waals surface area contributed by atoms with E-state index in [4.69, 9.17) is 10.00 Å². The molecule has 2 heterocycles. The molecule has 1 N–H and O–H groups in total. The molecule has 1 aliphatic heterocycles. The van der Waals surface area contributed by atoms with Gasteiger partial charge in [0.05, 0.1) is 22.9 Å². The Balaban J connectivity index is 1.23. The number of anilines is 2. The number of carbonyl (C=O) groups excluding carboxylic acids is 1. The Morgan fingerprint density at radius 2 is 1.87 bits per heavy atom. The van der Waals surface area contributed by atoms with Gasteiger partial charge in [0.1, 0.15) is 17.3 Å². The highest BCUT2D eigenvalue weighted by atomic mass is 32.1. The van der Waals surface area contributed by atoms with E-state index in [0.717, 1.165) is 17.8 Å². The van der Waals surface area contributed by atoms with Gasteiger partial charge in [-0.2, -0.15) is 18.4 Å². The quantitative estimate of drug-likeness (QED) is 0.222. The molecule has 14 heteroatoms. The zero-order valence-electron chi connectivity index (χ0n) is 20.8. The van der Waals surface area contributed by atoms with Gasteiger partial charge in [-0.15, -0.1) is 12.6 Å². The van der Waals surface area contributed by atoms with Crippen molar-refractivity contribution in [1.82, 2.24) is 9.88 Å². The van der Waals surface area contributed by atoms with E-state index in [1.807, 2.05) is 12.1 Å². The van der Waals surface area contributed by atoms with Crippen LogP contribution in [-0.4, -0.2) is 64.5 Å². The molecule has 1 unspecified atom stereocenters. The number of nitrogens with zero attached hydrogens (tertiary/aromatic N) is 5. The molecule has 0 bridgehead atoms. The van der Waals surface area contributed by atoms with Crippen LogP contribution in [0.1, 0.15) is 36.9 Å². The second-order valence-corrected chi connectivity index (χ2v) is 9.89. The maximum absolute atomic E-state index is 13.3. The molecular formula is C25H27F3N6O4S. The van der Waals surface area contributed by atoms with Gasteiger partial charge in [-0.1, -0.05) is 0 Å². The average Bonchev–Trinajstić information content (AvgIpc) is 2.93. The lowest BCUT2D eigenvalue weighted by Crippen LogP contribution is -2.51. The molecule has 1 amide bonds. The summed E-state index contributed by atoms with van der Waals surface area (Å²) < 4.78 is 45.7. The van der Waals surface area contributed by atoms with Crippen molar-refractivity contribution in [3.8, 4) is 6.07 Å². The highest BCUT2D eigenvalue weighted by Crippen LogP contribution is 2.38. The van der Waals surface area contributed by atoms with Crippen LogP contribution in [0.25, 0.3) is 0 Å². The van der Waals surface area contributed by atoms with E-state index in [9.17, 15) is 28.1 Å². The Morgan fingerprint density at radius 1 is 1.18 bits per heavy atom. The fraction of sp³-hybridized carbons (Fsp3) is 0.480. The third kappa shape index (κ3) is 7.10. The SMILES string of the molecule is N#Cc1ccc(N2CCN(C(=O)C(S)OC3CCC(Nc4ccc([N+](=O)[O-])c(C(F)(F)F)c4)CC3)CC2)cn1. The number of piperazine rings is 1. The summed E-state index contributed by atoms with van der Waals surface area (Å²) in [5, 5.41) is 22.9. The van der Waals surface area contributed by atoms with Gasteiger partial charge in [-0.05, 0) is 49.9 Å². The first-order valence-corrected chi connectivity index (χ1v) is 12.9. The number of nitriles is 1. The maximum Gasteiger partial charge on any atom is 0.423 e. The van der Waals surface area contributed by atoms with E-state index in [2.05, 4.69) is 27.8 Å². The highest BCUT2D eigenvalue weighted by Gasteiger charge is 2.38. The van der Waals surface area contributed by atoms with Gasteiger partial charge >= 0.3 is 6.18 Å². The number of nitro benzene ring substituents is 1. The number of hydrogen-bond donors (Lipinski definition) is 2. The summed E-state index contributed by atoms with van der Waals surface area (Å²) in [6, 6.07) is 8.23. The predicted octanol–water partition coefficient (Wildman–Crippen LogP) is 4.22. The summed E-state index contributed by atoms with van der Waals surface area (Å²) in [6.07, 6.45) is -1.07. The van der Waals surface area contributed by atoms with Gasteiger partial charge in [-0.3, -0.25) is 14.9 Å². The number of benzene rings is 1. The molecule has 4 rings (SSSR count). The minimum atomic E-state index is -4.84. The number of amides is 1. The lowest BCUT2D eigenvalue weighted by atomic mass is 9.92. The number of nitrogens with one attached hydrogen (secondary N) is 1. The molecule has 1 saturated heterocycles. The van der Waals surface area contributed by atoms with E-state index in [-0.39, 0.29) is 23.7 Å². The normalized spacial score (nSPS) is 20.7. The number of hydrogen-bond acceptors (Lipinski definition) is 9. The number of carbonyl (C=O) groups is 1. The molecule has 0 spiro atoms. The predicted molar refractivity (Wildman–Crippen MR) is 139 cm³/mol. The summed E-state index contributed by atoms with van der Waals surface area (Å²) >= 11 is 4.38. The zero-order valence-corrected chi connectivity index (χ0v) is 21.7. The molecule has 2 fully saturated rings. The van der Waals surface area contributed by atoms with Crippen molar-refractivity contribution in [2.45, 2.75) is 49.4 Å². The Hall–Kier alpha value is -3.57. The minimum Gasteiger partial charge on any atom is -0.382 e. The van der Waals surface area contributed by atoms with Crippen LogP contribution in [0.15, 0.2) is 36.5 Å². The fourth-order valence-corrected chi connectivity index (χ4v) is 5.15. The molecule has 1 atom stereocenters. The highest BCUT2D eigenvalue weighted by molar-refractivity contribution is 7.81. The molecule has 208 valence electrons. The number of alkyl halides is 3. The summed E-state index contributed by atoms with van der Waals surface area (Å²) in [4.78, 5) is 30.7. The van der Waals surface area contributed by atoms with E-state index in [1.54, 1.807) is 17.2 Å². The van der Waals surface area contributed by atoms with Crippen LogP contribution in [0.3, 0.4) is 0 Å². The van der Waals surface area contributed by atoms with Gasteiger partial charge in [0.2, 0.25) is 0 Å². The minimum absolute atomic E-state index is 0.133. The largest absolute Gasteiger partial charge is 0.423 e. The topological polar surface area (TPSA) is 125 Å². The molecule has 2 aliphatic rings. The Bertz CT molecular complexity index is 1220. The van der Waals surface area contributed by atoms with Gasteiger partial charge in [0.25, 0.3) is 11.6 Å². The number of ether oxygens (including phenoxy) is 1. The van der Waals surface area contributed by atoms with Crippen molar-refractivity contribution < 1.29 is 27.6 Å². The summed E-state index contributed by atoms with van der Waals surface area (Å²) in [6.45, 7) is 2.20. The standard InChI is InChI=1S/C25H27F3N6O4S/c26-25(27,28)21-13-17(4-8-22(21)34(36)37)31-16-2-6-20(7-3-16)38-24(39)23(35)33-11-9-32(10-12-33)19-5-1-18(14-29)30-15-19/h1,4-5,8,13,15-16,20,24,31,39H,2-3,6-7,9-12H2. The first-order chi connectivity index (χ1) is 18.5.